The maximum Gasteiger partial charge on any atom is 0.0468 e. The summed E-state index contributed by atoms with van der Waals surface area (Å²) in [4.78, 5) is 1.41. The molecule has 1 N–H and O–H groups in total. The highest BCUT2D eigenvalue weighted by Gasteiger charge is 2.21. The molecule has 0 bridgehead atoms. The van der Waals surface area contributed by atoms with E-state index in [-0.39, 0.29) is 0 Å². The van der Waals surface area contributed by atoms with Crippen LogP contribution in [0.1, 0.15) is 44.2 Å². The fourth-order valence-electron chi connectivity index (χ4n) is 2.91. The van der Waals surface area contributed by atoms with E-state index in [0.29, 0.717) is 6.04 Å². The summed E-state index contributed by atoms with van der Waals surface area (Å²) in [5.41, 5.74) is 1.47. The van der Waals surface area contributed by atoms with E-state index in [1.54, 1.807) is 0 Å². The Morgan fingerprint density at radius 3 is 2.75 bits per heavy atom. The molecule has 3 heteroatoms. The van der Waals surface area contributed by atoms with Gasteiger partial charge in [0.05, 0.1) is 0 Å². The average Bonchev–Trinajstić information content (AvgIpc) is 2.52. The molecule has 1 fully saturated rings. The van der Waals surface area contributed by atoms with Gasteiger partial charge in [-0.3, -0.25) is 0 Å². The second-order valence-corrected chi connectivity index (χ2v) is 6.39. The van der Waals surface area contributed by atoms with E-state index in [4.69, 9.17) is 4.74 Å². The molecule has 1 saturated heterocycles. The van der Waals surface area contributed by atoms with Crippen LogP contribution in [0.25, 0.3) is 0 Å². The molecule has 1 unspecified atom stereocenters. The Hall–Kier alpha value is -0.510. The van der Waals surface area contributed by atoms with Gasteiger partial charge >= 0.3 is 0 Å². The molecule has 1 aromatic rings. The van der Waals surface area contributed by atoms with Crippen LogP contribution in [0.4, 0.5) is 0 Å². The molecule has 1 atom stereocenters. The molecule has 1 heterocycles. The van der Waals surface area contributed by atoms with Gasteiger partial charge in [-0.15, -0.1) is 11.8 Å². The quantitative estimate of drug-likeness (QED) is 0.759. The van der Waals surface area contributed by atoms with Gasteiger partial charge in [0, 0.05) is 24.2 Å². The number of ether oxygens (including phenoxy) is 1. The van der Waals surface area contributed by atoms with Gasteiger partial charge in [0.1, 0.15) is 0 Å². The summed E-state index contributed by atoms with van der Waals surface area (Å²) in [6.45, 7) is 5.21. The van der Waals surface area contributed by atoms with Gasteiger partial charge in [0.25, 0.3) is 0 Å². The van der Waals surface area contributed by atoms with E-state index in [1.807, 2.05) is 11.8 Å². The van der Waals surface area contributed by atoms with Gasteiger partial charge in [-0.05, 0) is 56.0 Å². The van der Waals surface area contributed by atoms with Crippen LogP contribution in [0, 0.1) is 5.92 Å². The lowest BCUT2D eigenvalue weighted by atomic mass is 9.89. The number of hydrogen-bond acceptors (Lipinski definition) is 3. The van der Waals surface area contributed by atoms with Crippen molar-refractivity contribution in [3.8, 4) is 0 Å². The Morgan fingerprint density at radius 2 is 2.05 bits per heavy atom. The van der Waals surface area contributed by atoms with E-state index < -0.39 is 0 Å². The zero-order valence-corrected chi connectivity index (χ0v) is 13.5. The zero-order valence-electron chi connectivity index (χ0n) is 12.7. The molecule has 0 aromatic heterocycles. The molecule has 20 heavy (non-hydrogen) atoms. The van der Waals surface area contributed by atoms with Crippen molar-refractivity contribution in [2.45, 2.75) is 43.5 Å². The third-order valence-electron chi connectivity index (χ3n) is 4.06. The SMILES string of the molecule is CCCNC(CC1CCOCC1)c1ccccc1SC. The molecule has 0 radical (unpaired) electrons. The predicted octanol–water partition coefficient (Wildman–Crippen LogP) is 4.27. The number of hydrogen-bond donors (Lipinski definition) is 1. The van der Waals surface area contributed by atoms with Crippen molar-refractivity contribution in [3.63, 3.8) is 0 Å². The second kappa shape index (κ2) is 8.71. The predicted molar refractivity (Wildman–Crippen MR) is 87.4 cm³/mol. The largest absolute Gasteiger partial charge is 0.381 e. The minimum absolute atomic E-state index is 0.488. The third kappa shape index (κ3) is 4.51. The summed E-state index contributed by atoms with van der Waals surface area (Å²) in [5, 5.41) is 3.75. The summed E-state index contributed by atoms with van der Waals surface area (Å²) in [5.74, 6) is 0.799. The van der Waals surface area contributed by atoms with Crippen LogP contribution in [-0.4, -0.2) is 26.0 Å². The molecule has 0 saturated carbocycles. The summed E-state index contributed by atoms with van der Waals surface area (Å²) < 4.78 is 5.49. The van der Waals surface area contributed by atoms with Crippen LogP contribution >= 0.6 is 11.8 Å². The van der Waals surface area contributed by atoms with Crippen molar-refractivity contribution in [2.75, 3.05) is 26.0 Å². The van der Waals surface area contributed by atoms with Crippen LogP contribution in [0.15, 0.2) is 29.2 Å². The maximum atomic E-state index is 5.49. The summed E-state index contributed by atoms with van der Waals surface area (Å²) >= 11 is 1.85. The lowest BCUT2D eigenvalue weighted by Gasteiger charge is -2.28. The van der Waals surface area contributed by atoms with Crippen molar-refractivity contribution in [1.29, 1.82) is 0 Å². The first-order valence-electron chi connectivity index (χ1n) is 7.79. The van der Waals surface area contributed by atoms with Gasteiger partial charge in [0.2, 0.25) is 0 Å². The van der Waals surface area contributed by atoms with Crippen LogP contribution in [0.2, 0.25) is 0 Å². The average molecular weight is 293 g/mol. The fraction of sp³-hybridized carbons (Fsp3) is 0.647. The number of nitrogens with one attached hydrogen (secondary N) is 1. The fourth-order valence-corrected chi connectivity index (χ4v) is 3.57. The Kier molecular flexibility index (Phi) is 6.91. The Morgan fingerprint density at radius 1 is 1.30 bits per heavy atom. The first-order chi connectivity index (χ1) is 9.85. The van der Waals surface area contributed by atoms with E-state index >= 15 is 0 Å². The molecule has 2 rings (SSSR count). The molecular formula is C17H27NOS. The Bertz CT molecular complexity index is 390. The monoisotopic (exact) mass is 293 g/mol. The zero-order chi connectivity index (χ0) is 14.2. The molecule has 1 aromatic carbocycles. The first kappa shape index (κ1) is 15.9. The second-order valence-electron chi connectivity index (χ2n) is 5.54. The van der Waals surface area contributed by atoms with E-state index in [1.165, 1.54) is 36.1 Å². The number of benzene rings is 1. The van der Waals surface area contributed by atoms with Gasteiger partial charge < -0.3 is 10.1 Å². The minimum Gasteiger partial charge on any atom is -0.381 e. The molecule has 1 aliphatic heterocycles. The van der Waals surface area contributed by atoms with E-state index in [2.05, 4.69) is 42.8 Å². The lowest BCUT2D eigenvalue weighted by Crippen LogP contribution is -2.27. The highest BCUT2D eigenvalue weighted by molar-refractivity contribution is 7.98. The highest BCUT2D eigenvalue weighted by atomic mass is 32.2. The molecule has 0 amide bonds. The van der Waals surface area contributed by atoms with Gasteiger partial charge in [-0.1, -0.05) is 25.1 Å². The van der Waals surface area contributed by atoms with E-state index in [9.17, 15) is 0 Å². The molecule has 112 valence electrons. The van der Waals surface area contributed by atoms with Crippen molar-refractivity contribution >= 4 is 11.8 Å². The van der Waals surface area contributed by atoms with Crippen LogP contribution in [-0.2, 0) is 4.74 Å². The number of rotatable bonds is 7. The normalized spacial score (nSPS) is 18.1. The van der Waals surface area contributed by atoms with Gasteiger partial charge in [0.15, 0.2) is 0 Å². The first-order valence-corrected chi connectivity index (χ1v) is 9.01. The summed E-state index contributed by atoms with van der Waals surface area (Å²) in [7, 11) is 0. The van der Waals surface area contributed by atoms with E-state index in [0.717, 1.165) is 25.7 Å². The molecule has 0 aliphatic carbocycles. The maximum absolute atomic E-state index is 5.49. The molecule has 2 nitrogen and oxygen atoms in total. The Labute approximate surface area is 127 Å². The van der Waals surface area contributed by atoms with Crippen LogP contribution < -0.4 is 5.32 Å². The lowest BCUT2D eigenvalue weighted by molar-refractivity contribution is 0.0604. The summed E-state index contributed by atoms with van der Waals surface area (Å²) in [6.07, 6.45) is 7.02. The minimum atomic E-state index is 0.488. The molecule has 0 spiro atoms. The van der Waals surface area contributed by atoms with Gasteiger partial charge in [-0.25, -0.2) is 0 Å². The van der Waals surface area contributed by atoms with Crippen molar-refractivity contribution in [1.82, 2.24) is 5.32 Å². The molecular weight excluding hydrogens is 266 g/mol. The molecule has 1 aliphatic rings. The van der Waals surface area contributed by atoms with Gasteiger partial charge in [-0.2, -0.15) is 0 Å². The van der Waals surface area contributed by atoms with Crippen LogP contribution in [0.3, 0.4) is 0 Å². The van der Waals surface area contributed by atoms with Crippen LogP contribution in [0.5, 0.6) is 0 Å². The smallest absolute Gasteiger partial charge is 0.0468 e. The van der Waals surface area contributed by atoms with Crippen molar-refractivity contribution in [3.05, 3.63) is 29.8 Å². The number of thioether (sulfide) groups is 1. The topological polar surface area (TPSA) is 21.3 Å². The summed E-state index contributed by atoms with van der Waals surface area (Å²) in [6, 6.07) is 9.32. The highest BCUT2D eigenvalue weighted by Crippen LogP contribution is 2.32. The Balaban J connectivity index is 2.08. The van der Waals surface area contributed by atoms with Crippen molar-refractivity contribution in [2.24, 2.45) is 5.92 Å². The third-order valence-corrected chi connectivity index (χ3v) is 4.88. The van der Waals surface area contributed by atoms with Crippen molar-refractivity contribution < 1.29 is 4.74 Å². The standard InChI is InChI=1S/C17H27NOS/c1-3-10-18-16(13-14-8-11-19-12-9-14)15-6-4-5-7-17(15)20-2/h4-7,14,16,18H,3,8-13H2,1-2H3.